The predicted molar refractivity (Wildman–Crippen MR) is 84.6 cm³/mol. The Morgan fingerprint density at radius 1 is 1.00 bits per heavy atom. The number of halogens is 2. The first-order chi connectivity index (χ1) is 11.0. The molecular formula is C16H14BrFN2O3. The van der Waals surface area contributed by atoms with Crippen LogP contribution >= 0.6 is 15.9 Å². The number of hydrogen-bond donors (Lipinski definition) is 0. The van der Waals surface area contributed by atoms with Gasteiger partial charge in [0.2, 0.25) is 0 Å². The minimum Gasteiger partial charge on any atom is -0.444 e. The largest absolute Gasteiger partial charge is 0.444 e. The van der Waals surface area contributed by atoms with Crippen LogP contribution in [0.3, 0.4) is 0 Å². The summed E-state index contributed by atoms with van der Waals surface area (Å²) in [6.45, 7) is 1.64. The molecule has 1 aromatic heterocycles. The summed E-state index contributed by atoms with van der Waals surface area (Å²) in [6.07, 6.45) is 0. The molecule has 0 bridgehead atoms. The summed E-state index contributed by atoms with van der Waals surface area (Å²) in [5.74, 6) is -0.597. The fraction of sp³-hybridized carbons (Fsp3) is 0.250. The molecule has 0 saturated carbocycles. The van der Waals surface area contributed by atoms with E-state index < -0.39 is 5.82 Å². The number of rotatable bonds is 2. The Morgan fingerprint density at radius 2 is 1.65 bits per heavy atom. The maximum atomic E-state index is 13.2. The second-order valence-electron chi connectivity index (χ2n) is 5.20. The van der Waals surface area contributed by atoms with Gasteiger partial charge in [-0.3, -0.25) is 9.59 Å². The second kappa shape index (κ2) is 6.54. The van der Waals surface area contributed by atoms with Gasteiger partial charge in [0.1, 0.15) is 5.82 Å². The van der Waals surface area contributed by atoms with Gasteiger partial charge in [-0.25, -0.2) is 4.39 Å². The maximum Gasteiger partial charge on any atom is 0.289 e. The number of furan rings is 1. The molecule has 2 heterocycles. The van der Waals surface area contributed by atoms with Crippen LogP contribution in [0, 0.1) is 5.82 Å². The van der Waals surface area contributed by atoms with E-state index in [-0.39, 0.29) is 17.6 Å². The Kier molecular flexibility index (Phi) is 4.47. The summed E-state index contributed by atoms with van der Waals surface area (Å²) in [6, 6.07) is 8.89. The fourth-order valence-electron chi connectivity index (χ4n) is 2.50. The van der Waals surface area contributed by atoms with Gasteiger partial charge in [-0.15, -0.1) is 0 Å². The lowest BCUT2D eigenvalue weighted by atomic mass is 10.1. The molecule has 0 atom stereocenters. The average molecular weight is 381 g/mol. The van der Waals surface area contributed by atoms with Crippen LogP contribution in [-0.2, 0) is 0 Å². The van der Waals surface area contributed by atoms with Gasteiger partial charge >= 0.3 is 0 Å². The molecule has 1 aliphatic rings. The van der Waals surface area contributed by atoms with Gasteiger partial charge in [-0.2, -0.15) is 0 Å². The Morgan fingerprint density at radius 3 is 2.22 bits per heavy atom. The number of amides is 2. The first kappa shape index (κ1) is 15.7. The third kappa shape index (κ3) is 3.44. The molecule has 120 valence electrons. The van der Waals surface area contributed by atoms with E-state index in [0.29, 0.717) is 36.4 Å². The van der Waals surface area contributed by atoms with E-state index in [1.165, 1.54) is 18.2 Å². The third-order valence-electron chi connectivity index (χ3n) is 3.71. The van der Waals surface area contributed by atoms with Crippen molar-refractivity contribution in [3.8, 4) is 0 Å². The minimum absolute atomic E-state index is 0.200. The van der Waals surface area contributed by atoms with E-state index in [2.05, 4.69) is 15.9 Å². The molecule has 0 aliphatic carbocycles. The number of piperazine rings is 1. The Bertz CT molecular complexity index is 738. The lowest BCUT2D eigenvalue weighted by molar-refractivity contribution is 0.0517. The summed E-state index contributed by atoms with van der Waals surface area (Å²) in [4.78, 5) is 27.9. The standard InChI is InChI=1S/C16H14BrFN2O3/c17-14-5-4-13(23-14)16(22)20-8-6-19(7-9-20)15(21)11-2-1-3-12(18)10-11/h1-5,10H,6-9H2. The van der Waals surface area contributed by atoms with Crippen molar-refractivity contribution in [2.45, 2.75) is 0 Å². The molecule has 7 heteroatoms. The number of nitrogens with zero attached hydrogens (tertiary/aromatic N) is 2. The summed E-state index contributed by atoms with van der Waals surface area (Å²) >= 11 is 3.16. The van der Waals surface area contributed by atoms with E-state index in [1.807, 2.05) is 0 Å². The molecular weight excluding hydrogens is 367 g/mol. The maximum absolute atomic E-state index is 13.2. The number of benzene rings is 1. The average Bonchev–Trinajstić information content (AvgIpc) is 3.00. The monoisotopic (exact) mass is 380 g/mol. The van der Waals surface area contributed by atoms with Crippen LogP contribution in [0.4, 0.5) is 4.39 Å². The normalized spacial score (nSPS) is 14.9. The highest BCUT2D eigenvalue weighted by atomic mass is 79.9. The van der Waals surface area contributed by atoms with Gasteiger partial charge in [0.05, 0.1) is 0 Å². The molecule has 2 aromatic rings. The lowest BCUT2D eigenvalue weighted by Crippen LogP contribution is -2.50. The summed E-state index contributed by atoms with van der Waals surface area (Å²) in [5.41, 5.74) is 0.319. The molecule has 0 spiro atoms. The molecule has 1 saturated heterocycles. The van der Waals surface area contributed by atoms with Crippen LogP contribution < -0.4 is 0 Å². The van der Waals surface area contributed by atoms with Crippen molar-refractivity contribution in [2.75, 3.05) is 26.2 Å². The van der Waals surface area contributed by atoms with Gasteiger partial charge in [0, 0.05) is 31.7 Å². The number of hydrogen-bond acceptors (Lipinski definition) is 3. The van der Waals surface area contributed by atoms with E-state index in [4.69, 9.17) is 4.42 Å². The number of carbonyl (C=O) groups excluding carboxylic acids is 2. The molecule has 5 nitrogen and oxygen atoms in total. The molecule has 1 aromatic carbocycles. The summed E-state index contributed by atoms with van der Waals surface area (Å²) < 4.78 is 19.0. The predicted octanol–water partition coefficient (Wildman–Crippen LogP) is 2.78. The molecule has 3 rings (SSSR count). The molecule has 23 heavy (non-hydrogen) atoms. The topological polar surface area (TPSA) is 53.8 Å². The van der Waals surface area contributed by atoms with E-state index in [0.717, 1.165) is 0 Å². The molecule has 1 fully saturated rings. The fourth-order valence-corrected chi connectivity index (χ4v) is 2.81. The minimum atomic E-state index is -0.437. The zero-order valence-corrected chi connectivity index (χ0v) is 13.8. The van der Waals surface area contributed by atoms with Crippen molar-refractivity contribution < 1.29 is 18.4 Å². The van der Waals surface area contributed by atoms with Crippen LogP contribution in [-0.4, -0.2) is 47.8 Å². The van der Waals surface area contributed by atoms with Crippen molar-refractivity contribution >= 4 is 27.7 Å². The summed E-state index contributed by atoms with van der Waals surface area (Å²) in [5, 5.41) is 0. The Labute approximate surface area is 140 Å². The van der Waals surface area contributed by atoms with E-state index in [1.54, 1.807) is 28.0 Å². The quantitative estimate of drug-likeness (QED) is 0.804. The van der Waals surface area contributed by atoms with Crippen molar-refractivity contribution in [2.24, 2.45) is 0 Å². The molecule has 0 unspecified atom stereocenters. The van der Waals surface area contributed by atoms with Crippen molar-refractivity contribution in [1.29, 1.82) is 0 Å². The molecule has 1 aliphatic heterocycles. The van der Waals surface area contributed by atoms with Gasteiger partial charge in [-0.05, 0) is 46.3 Å². The van der Waals surface area contributed by atoms with Gasteiger partial charge < -0.3 is 14.2 Å². The van der Waals surface area contributed by atoms with Crippen LogP contribution in [0.25, 0.3) is 0 Å². The third-order valence-corrected chi connectivity index (χ3v) is 4.14. The summed E-state index contributed by atoms with van der Waals surface area (Å²) in [7, 11) is 0. The Balaban J connectivity index is 1.62. The first-order valence-corrected chi connectivity index (χ1v) is 7.93. The first-order valence-electron chi connectivity index (χ1n) is 7.14. The molecule has 0 N–H and O–H groups in total. The SMILES string of the molecule is O=C(c1cccc(F)c1)N1CCN(C(=O)c2ccc(Br)o2)CC1. The van der Waals surface area contributed by atoms with Gasteiger partial charge in [0.25, 0.3) is 11.8 Å². The van der Waals surface area contributed by atoms with Crippen molar-refractivity contribution in [1.82, 2.24) is 9.80 Å². The van der Waals surface area contributed by atoms with Gasteiger partial charge in [0.15, 0.2) is 10.4 Å². The van der Waals surface area contributed by atoms with Crippen molar-refractivity contribution in [3.05, 3.63) is 58.2 Å². The van der Waals surface area contributed by atoms with Gasteiger partial charge in [-0.1, -0.05) is 6.07 Å². The second-order valence-corrected chi connectivity index (χ2v) is 5.98. The highest BCUT2D eigenvalue weighted by molar-refractivity contribution is 9.10. The van der Waals surface area contributed by atoms with Crippen LogP contribution in [0.2, 0.25) is 0 Å². The van der Waals surface area contributed by atoms with E-state index >= 15 is 0 Å². The zero-order chi connectivity index (χ0) is 16.4. The molecule has 2 amide bonds. The van der Waals surface area contributed by atoms with Crippen LogP contribution in [0.5, 0.6) is 0 Å². The molecule has 0 radical (unpaired) electrons. The van der Waals surface area contributed by atoms with E-state index in [9.17, 15) is 14.0 Å². The van der Waals surface area contributed by atoms with Crippen LogP contribution in [0.15, 0.2) is 45.5 Å². The van der Waals surface area contributed by atoms with Crippen LogP contribution in [0.1, 0.15) is 20.9 Å². The lowest BCUT2D eigenvalue weighted by Gasteiger charge is -2.34. The van der Waals surface area contributed by atoms with Crippen molar-refractivity contribution in [3.63, 3.8) is 0 Å². The highest BCUT2D eigenvalue weighted by Gasteiger charge is 2.27. The zero-order valence-electron chi connectivity index (χ0n) is 12.2. The number of carbonyl (C=O) groups is 2. The smallest absolute Gasteiger partial charge is 0.289 e. The highest BCUT2D eigenvalue weighted by Crippen LogP contribution is 2.17. The Hall–Kier alpha value is -2.15.